The van der Waals surface area contributed by atoms with Crippen LogP contribution in [0.1, 0.15) is 34.9 Å². The number of ether oxygens (including phenoxy) is 1. The number of carbonyl (C=O) groups is 1. The van der Waals surface area contributed by atoms with E-state index in [4.69, 9.17) is 4.74 Å². The third kappa shape index (κ3) is 3.74. The molecule has 1 amide bonds. The first-order valence-electron chi connectivity index (χ1n) is 10.5. The van der Waals surface area contributed by atoms with Gasteiger partial charge >= 0.3 is 6.18 Å². The Balaban J connectivity index is 1.30. The van der Waals surface area contributed by atoms with Crippen molar-refractivity contribution < 1.29 is 32.2 Å². The van der Waals surface area contributed by atoms with E-state index in [-0.39, 0.29) is 22.4 Å². The Morgan fingerprint density at radius 3 is 2.53 bits per heavy atom. The van der Waals surface area contributed by atoms with Gasteiger partial charge in [0.05, 0.1) is 24.4 Å². The monoisotopic (exact) mass is 476 g/mol. The standard InChI is InChI=1S/C23H20F4N4O3/c1-34-20-5-2-13(10-28-20)18-7-19(23(25,26)27)31(29-18)14-8-22(9-14)11-30(12-22)21(33)16-6-15(32)3-4-17(16)24/h2-7,10,14,32H,8-9,11-12H2,1H3. The highest BCUT2D eigenvalue weighted by atomic mass is 19.4. The fourth-order valence-electron chi connectivity index (χ4n) is 4.80. The van der Waals surface area contributed by atoms with Crippen LogP contribution in [0.5, 0.6) is 11.6 Å². The number of carbonyl (C=O) groups excluding carboxylic acids is 1. The number of aromatic hydroxyl groups is 1. The zero-order valence-electron chi connectivity index (χ0n) is 18.0. The molecule has 0 bridgehead atoms. The number of benzene rings is 1. The van der Waals surface area contributed by atoms with Crippen LogP contribution in [0.4, 0.5) is 17.6 Å². The maximum absolute atomic E-state index is 14.0. The molecular formula is C23H20F4N4O3. The maximum atomic E-state index is 14.0. The van der Waals surface area contributed by atoms with Gasteiger partial charge in [0.25, 0.3) is 5.91 Å². The van der Waals surface area contributed by atoms with E-state index >= 15 is 0 Å². The van der Waals surface area contributed by atoms with Crippen LogP contribution >= 0.6 is 0 Å². The Hall–Kier alpha value is -3.63. The molecule has 2 aliphatic rings. The number of aromatic nitrogens is 3. The minimum Gasteiger partial charge on any atom is -0.508 e. The summed E-state index contributed by atoms with van der Waals surface area (Å²) in [7, 11) is 1.44. The first-order valence-corrected chi connectivity index (χ1v) is 10.5. The minimum atomic E-state index is -4.58. The summed E-state index contributed by atoms with van der Waals surface area (Å²) in [5.74, 6) is -1.16. The molecule has 34 heavy (non-hydrogen) atoms. The quantitative estimate of drug-likeness (QED) is 0.569. The molecule has 2 aromatic heterocycles. The summed E-state index contributed by atoms with van der Waals surface area (Å²) in [5, 5.41) is 13.8. The lowest BCUT2D eigenvalue weighted by molar-refractivity contribution is -0.149. The molecule has 1 aliphatic carbocycles. The molecule has 2 fully saturated rings. The van der Waals surface area contributed by atoms with Crippen molar-refractivity contribution >= 4 is 5.91 Å². The molecular weight excluding hydrogens is 456 g/mol. The predicted octanol–water partition coefficient (Wildman–Crippen LogP) is 4.29. The van der Waals surface area contributed by atoms with E-state index in [1.807, 2.05) is 0 Å². The van der Waals surface area contributed by atoms with Gasteiger partial charge in [0.1, 0.15) is 17.3 Å². The third-order valence-corrected chi connectivity index (χ3v) is 6.47. The van der Waals surface area contributed by atoms with Gasteiger partial charge in [0.2, 0.25) is 5.88 Å². The second kappa shape index (κ2) is 7.71. The van der Waals surface area contributed by atoms with E-state index in [0.29, 0.717) is 37.4 Å². The number of rotatable bonds is 4. The first kappa shape index (κ1) is 22.2. The molecule has 11 heteroatoms. The van der Waals surface area contributed by atoms with Crippen LogP contribution in [0, 0.1) is 11.2 Å². The van der Waals surface area contributed by atoms with Crippen molar-refractivity contribution in [1.82, 2.24) is 19.7 Å². The van der Waals surface area contributed by atoms with Crippen LogP contribution in [0.2, 0.25) is 0 Å². The molecule has 178 valence electrons. The van der Waals surface area contributed by atoms with Crippen LogP contribution < -0.4 is 4.74 Å². The lowest BCUT2D eigenvalue weighted by Crippen LogP contribution is -2.64. The number of amides is 1. The molecule has 3 aromatic rings. The summed E-state index contributed by atoms with van der Waals surface area (Å²) < 4.78 is 61.1. The zero-order chi connectivity index (χ0) is 24.3. The van der Waals surface area contributed by atoms with Gasteiger partial charge in [-0.1, -0.05) is 0 Å². The van der Waals surface area contributed by atoms with E-state index in [0.717, 1.165) is 28.9 Å². The molecule has 1 N–H and O–H groups in total. The molecule has 7 nitrogen and oxygen atoms in total. The van der Waals surface area contributed by atoms with Crippen molar-refractivity contribution in [3.8, 4) is 22.9 Å². The van der Waals surface area contributed by atoms with Gasteiger partial charge in [-0.3, -0.25) is 9.48 Å². The molecule has 1 spiro atoms. The van der Waals surface area contributed by atoms with E-state index in [1.165, 1.54) is 18.2 Å². The number of hydrogen-bond acceptors (Lipinski definition) is 5. The Bertz CT molecular complexity index is 1240. The SMILES string of the molecule is COc1ccc(-c2cc(C(F)(F)F)n(C3CC4(C3)CN(C(=O)c3cc(O)ccc3F)C4)n2)cn1. The zero-order valence-corrected chi connectivity index (χ0v) is 18.0. The van der Waals surface area contributed by atoms with Crippen LogP contribution in [0.25, 0.3) is 11.3 Å². The summed E-state index contributed by atoms with van der Waals surface area (Å²) in [4.78, 5) is 18.0. The summed E-state index contributed by atoms with van der Waals surface area (Å²) >= 11 is 0. The number of pyridine rings is 1. The average molecular weight is 476 g/mol. The smallest absolute Gasteiger partial charge is 0.433 e. The highest BCUT2D eigenvalue weighted by Crippen LogP contribution is 2.55. The fraction of sp³-hybridized carbons (Fsp3) is 0.348. The van der Waals surface area contributed by atoms with Crippen LogP contribution in [0.3, 0.4) is 0 Å². The van der Waals surface area contributed by atoms with E-state index in [1.54, 1.807) is 12.1 Å². The minimum absolute atomic E-state index is 0.160. The Morgan fingerprint density at radius 2 is 1.91 bits per heavy atom. The van der Waals surface area contributed by atoms with Crippen molar-refractivity contribution in [2.45, 2.75) is 25.1 Å². The highest BCUT2D eigenvalue weighted by Gasteiger charge is 2.56. The molecule has 3 heterocycles. The number of likely N-dealkylation sites (tertiary alicyclic amines) is 1. The van der Waals surface area contributed by atoms with Gasteiger partial charge in [-0.05, 0) is 43.2 Å². The number of phenolic OH excluding ortho intramolecular Hbond substituents is 1. The molecule has 0 radical (unpaired) electrons. The topological polar surface area (TPSA) is 80.5 Å². The number of hydrogen-bond donors (Lipinski definition) is 1. The van der Waals surface area contributed by atoms with Gasteiger partial charge in [-0.15, -0.1) is 0 Å². The van der Waals surface area contributed by atoms with Gasteiger partial charge in [0.15, 0.2) is 0 Å². The molecule has 1 saturated carbocycles. The van der Waals surface area contributed by atoms with Crippen LogP contribution in [-0.2, 0) is 6.18 Å². The number of phenols is 1. The van der Waals surface area contributed by atoms with Crippen LogP contribution in [-0.4, -0.2) is 50.9 Å². The average Bonchev–Trinajstić information content (AvgIpc) is 3.19. The molecule has 1 saturated heterocycles. The van der Waals surface area contributed by atoms with Crippen molar-refractivity contribution in [3.05, 3.63) is 59.7 Å². The number of halogens is 4. The fourth-order valence-corrected chi connectivity index (χ4v) is 4.80. The predicted molar refractivity (Wildman–Crippen MR) is 112 cm³/mol. The maximum Gasteiger partial charge on any atom is 0.433 e. The highest BCUT2D eigenvalue weighted by molar-refractivity contribution is 5.95. The molecule has 0 unspecified atom stereocenters. The lowest BCUT2D eigenvalue weighted by Gasteiger charge is -2.59. The van der Waals surface area contributed by atoms with Crippen molar-refractivity contribution in [2.75, 3.05) is 20.2 Å². The molecule has 1 aliphatic heterocycles. The Labute approximate surface area is 191 Å². The van der Waals surface area contributed by atoms with Gasteiger partial charge < -0.3 is 14.7 Å². The van der Waals surface area contributed by atoms with Crippen LogP contribution in [0.15, 0.2) is 42.6 Å². The Kier molecular flexibility index (Phi) is 5.03. The second-order valence-electron chi connectivity index (χ2n) is 8.83. The molecule has 1 aromatic carbocycles. The summed E-state index contributed by atoms with van der Waals surface area (Å²) in [5.41, 5.74) is -0.785. The van der Waals surface area contributed by atoms with Gasteiger partial charge in [0, 0.05) is 36.3 Å². The number of methoxy groups -OCH3 is 1. The molecule has 0 atom stereocenters. The summed E-state index contributed by atoms with van der Waals surface area (Å²) in [6.07, 6.45) is -2.33. The lowest BCUT2D eigenvalue weighted by atomic mass is 9.60. The summed E-state index contributed by atoms with van der Waals surface area (Å²) in [6, 6.07) is 6.93. The normalized spacial score (nSPS) is 17.4. The van der Waals surface area contributed by atoms with Crippen molar-refractivity contribution in [1.29, 1.82) is 0 Å². The largest absolute Gasteiger partial charge is 0.508 e. The number of alkyl halides is 3. The van der Waals surface area contributed by atoms with E-state index in [9.17, 15) is 27.5 Å². The second-order valence-corrected chi connectivity index (χ2v) is 8.83. The van der Waals surface area contributed by atoms with Crippen molar-refractivity contribution in [3.63, 3.8) is 0 Å². The third-order valence-electron chi connectivity index (χ3n) is 6.47. The Morgan fingerprint density at radius 1 is 1.18 bits per heavy atom. The van der Waals surface area contributed by atoms with Crippen molar-refractivity contribution in [2.24, 2.45) is 5.41 Å². The number of nitrogens with zero attached hydrogens (tertiary/aromatic N) is 4. The van der Waals surface area contributed by atoms with E-state index < -0.39 is 29.6 Å². The molecule has 5 rings (SSSR count). The summed E-state index contributed by atoms with van der Waals surface area (Å²) in [6.45, 7) is 0.630. The van der Waals surface area contributed by atoms with E-state index in [2.05, 4.69) is 10.1 Å². The first-order chi connectivity index (χ1) is 16.1. The van der Waals surface area contributed by atoms with Gasteiger partial charge in [-0.25, -0.2) is 9.37 Å². The van der Waals surface area contributed by atoms with Gasteiger partial charge in [-0.2, -0.15) is 18.3 Å².